The van der Waals surface area contributed by atoms with Gasteiger partial charge in [0.05, 0.1) is 29.0 Å². The fraction of sp³-hybridized carbons (Fsp3) is 0.471. The Labute approximate surface area is 273 Å². The Morgan fingerprint density at radius 3 is 2.47 bits per heavy atom. The first-order valence-corrected chi connectivity index (χ1v) is 19.4. The third-order valence-corrected chi connectivity index (χ3v) is 9.95. The number of fused-ring (bicyclic) bond motifs is 5. The van der Waals surface area contributed by atoms with E-state index >= 15 is 0 Å². The molecule has 2 aromatic heterocycles. The van der Waals surface area contributed by atoms with Crippen LogP contribution in [-0.2, 0) is 53.8 Å². The number of hydrogen-bond donors (Lipinski definition) is 1. The zero-order chi connectivity index (χ0) is 34.5. The first-order valence-electron chi connectivity index (χ1n) is 15.7. The number of esters is 3. The van der Waals surface area contributed by atoms with Crippen molar-refractivity contribution < 1.29 is 38.1 Å². The van der Waals surface area contributed by atoms with E-state index in [9.17, 15) is 24.0 Å². The average molecular weight is 664 g/mol. The average Bonchev–Trinajstić information content (AvgIpc) is 3.33. The summed E-state index contributed by atoms with van der Waals surface area (Å²) >= 11 is 0. The van der Waals surface area contributed by atoms with Crippen molar-refractivity contribution in [2.75, 3.05) is 6.54 Å². The molecular formula is C34H41N3O9Si. The van der Waals surface area contributed by atoms with Gasteiger partial charge in [0.25, 0.3) is 5.56 Å². The number of hydrogen-bond acceptors (Lipinski definition) is 10. The monoisotopic (exact) mass is 663 g/mol. The summed E-state index contributed by atoms with van der Waals surface area (Å²) in [6, 6.07) is 7.98. The lowest BCUT2D eigenvalue weighted by atomic mass is 9.85. The van der Waals surface area contributed by atoms with Crippen molar-refractivity contribution in [2.45, 2.75) is 97.5 Å². The van der Waals surface area contributed by atoms with Crippen molar-refractivity contribution in [1.82, 2.24) is 14.9 Å². The van der Waals surface area contributed by atoms with Gasteiger partial charge in [-0.2, -0.15) is 0 Å². The molecule has 3 aromatic rings. The highest BCUT2D eigenvalue weighted by atomic mass is 28.3. The van der Waals surface area contributed by atoms with E-state index in [1.165, 1.54) is 6.92 Å². The predicted octanol–water partition coefficient (Wildman–Crippen LogP) is 4.96. The van der Waals surface area contributed by atoms with Gasteiger partial charge in [-0.15, -0.1) is 0 Å². The molecule has 0 saturated heterocycles. The molecule has 1 N–H and O–H groups in total. The summed E-state index contributed by atoms with van der Waals surface area (Å²) < 4.78 is 23.4. The number of pyridine rings is 2. The van der Waals surface area contributed by atoms with Gasteiger partial charge in [0.15, 0.2) is 0 Å². The summed E-state index contributed by atoms with van der Waals surface area (Å²) in [4.78, 5) is 69.3. The van der Waals surface area contributed by atoms with Crippen molar-refractivity contribution >= 4 is 43.0 Å². The summed E-state index contributed by atoms with van der Waals surface area (Å²) in [6.45, 7) is 14.4. The highest BCUT2D eigenvalue weighted by Crippen LogP contribution is 2.42. The summed E-state index contributed by atoms with van der Waals surface area (Å²) in [6.07, 6.45) is -0.0908. The Bertz CT molecular complexity index is 1870. The molecule has 0 bridgehead atoms. The smallest absolute Gasteiger partial charge is 0.408 e. The number of carbonyl (C=O) groups is 4. The number of nitrogens with zero attached hydrogens (tertiary/aromatic N) is 2. The molecule has 0 saturated carbocycles. The van der Waals surface area contributed by atoms with Crippen LogP contribution in [0, 0.1) is 0 Å². The second kappa shape index (κ2) is 12.3. The molecule has 2 aliphatic heterocycles. The van der Waals surface area contributed by atoms with Gasteiger partial charge in [-0.05, 0) is 63.4 Å². The van der Waals surface area contributed by atoms with E-state index in [4.69, 9.17) is 23.9 Å². The van der Waals surface area contributed by atoms with Crippen LogP contribution in [0.2, 0.25) is 25.7 Å². The number of ether oxygens (including phenoxy) is 4. The predicted molar refractivity (Wildman–Crippen MR) is 176 cm³/mol. The first-order chi connectivity index (χ1) is 21.9. The second-order valence-corrected chi connectivity index (χ2v) is 19.8. The summed E-state index contributed by atoms with van der Waals surface area (Å²) in [5.74, 6) is -1.72. The Morgan fingerprint density at radius 1 is 1.11 bits per heavy atom. The molecule has 1 atom stereocenters. The van der Waals surface area contributed by atoms with E-state index in [1.807, 2.05) is 6.07 Å². The molecule has 47 heavy (non-hydrogen) atoms. The van der Waals surface area contributed by atoms with Gasteiger partial charge >= 0.3 is 24.0 Å². The molecule has 0 spiro atoms. The quantitative estimate of drug-likeness (QED) is 0.119. The molecule has 0 fully saturated rings. The van der Waals surface area contributed by atoms with Gasteiger partial charge < -0.3 is 28.8 Å². The topological polar surface area (TPSA) is 152 Å². The molecular weight excluding hydrogens is 622 g/mol. The standard InChI is InChI=1S/C34H41N3O9Si/c1-9-34(45-28(39)16-35-32(42)46-33(3,4)5)25-15-27-29-23(17-37(27)30(40)24(25)18-43-31(34)41)21(12-13-47(6,7)8)22-14-20(44-19(2)38)10-11-26(22)36-29/h10-11,14-15H,9,12-13,16-18H2,1-8H3,(H,35,42). The molecule has 12 nitrogen and oxygen atoms in total. The van der Waals surface area contributed by atoms with E-state index < -0.39 is 49.8 Å². The van der Waals surface area contributed by atoms with E-state index in [2.05, 4.69) is 25.0 Å². The second-order valence-electron chi connectivity index (χ2n) is 14.2. The van der Waals surface area contributed by atoms with Crippen molar-refractivity contribution in [1.29, 1.82) is 0 Å². The maximum atomic E-state index is 14.1. The summed E-state index contributed by atoms with van der Waals surface area (Å²) in [5, 5.41) is 3.19. The maximum absolute atomic E-state index is 14.1. The largest absolute Gasteiger partial charge is 0.457 e. The maximum Gasteiger partial charge on any atom is 0.408 e. The highest BCUT2D eigenvalue weighted by molar-refractivity contribution is 6.76. The number of cyclic esters (lactones) is 1. The summed E-state index contributed by atoms with van der Waals surface area (Å²) in [5.41, 5.74) is 1.07. The van der Waals surface area contributed by atoms with Crippen LogP contribution >= 0.6 is 0 Å². The van der Waals surface area contributed by atoms with Crippen molar-refractivity contribution in [3.8, 4) is 17.1 Å². The SMILES string of the molecule is CCC1(OC(=O)CNC(=O)OC(C)(C)C)C(=O)OCc2c1cc1n(c2=O)Cc2c-1nc1ccc(OC(C)=O)cc1c2CC[Si](C)(C)C. The molecule has 0 radical (unpaired) electrons. The number of nitrogens with one attached hydrogen (secondary N) is 1. The number of aryl methyl sites for hydroxylation is 1. The van der Waals surface area contributed by atoms with Gasteiger partial charge in [0.1, 0.15) is 24.5 Å². The fourth-order valence-corrected chi connectivity index (χ4v) is 7.00. The fourth-order valence-electron chi connectivity index (χ4n) is 6.00. The van der Waals surface area contributed by atoms with Crippen molar-refractivity contribution in [3.05, 3.63) is 56.9 Å². The van der Waals surface area contributed by atoms with Gasteiger partial charge in [0, 0.05) is 31.5 Å². The zero-order valence-corrected chi connectivity index (χ0v) is 29.1. The van der Waals surface area contributed by atoms with Crippen LogP contribution in [-0.4, -0.2) is 53.8 Å². The van der Waals surface area contributed by atoms with Crippen LogP contribution < -0.4 is 15.6 Å². The molecule has 2 aliphatic rings. The Hall–Kier alpha value is -4.52. The lowest BCUT2D eigenvalue weighted by Gasteiger charge is -2.35. The van der Waals surface area contributed by atoms with Crippen LogP contribution in [0.25, 0.3) is 22.3 Å². The van der Waals surface area contributed by atoms with E-state index in [-0.39, 0.29) is 36.3 Å². The Balaban J connectivity index is 1.60. The number of amides is 1. The van der Waals surface area contributed by atoms with Crippen LogP contribution in [0.5, 0.6) is 5.75 Å². The number of benzene rings is 1. The minimum atomic E-state index is -1.91. The van der Waals surface area contributed by atoms with E-state index in [0.717, 1.165) is 29.0 Å². The molecule has 1 aromatic carbocycles. The molecule has 1 unspecified atom stereocenters. The minimum Gasteiger partial charge on any atom is -0.457 e. The van der Waals surface area contributed by atoms with Crippen LogP contribution in [0.1, 0.15) is 63.3 Å². The van der Waals surface area contributed by atoms with Crippen LogP contribution in [0.15, 0.2) is 29.1 Å². The van der Waals surface area contributed by atoms with Gasteiger partial charge in [-0.25, -0.2) is 14.6 Å². The molecule has 1 amide bonds. The van der Waals surface area contributed by atoms with Crippen LogP contribution in [0.4, 0.5) is 4.79 Å². The number of aromatic nitrogens is 2. The lowest BCUT2D eigenvalue weighted by Crippen LogP contribution is -2.49. The van der Waals surface area contributed by atoms with Gasteiger partial charge in [-0.3, -0.25) is 14.4 Å². The molecule has 4 heterocycles. The summed E-state index contributed by atoms with van der Waals surface area (Å²) in [7, 11) is -1.50. The number of alkyl carbamates (subject to hydrolysis) is 1. The normalized spacial score (nSPS) is 16.9. The molecule has 13 heteroatoms. The molecule has 0 aliphatic carbocycles. The zero-order valence-electron chi connectivity index (χ0n) is 28.1. The molecule has 250 valence electrons. The minimum absolute atomic E-state index is 0.0156. The highest BCUT2D eigenvalue weighted by Gasteiger charge is 2.50. The van der Waals surface area contributed by atoms with E-state index in [1.54, 1.807) is 50.5 Å². The van der Waals surface area contributed by atoms with Crippen LogP contribution in [0.3, 0.4) is 0 Å². The molecule has 5 rings (SSSR count). The van der Waals surface area contributed by atoms with Gasteiger partial charge in [0.2, 0.25) is 5.60 Å². The Kier molecular flexibility index (Phi) is 8.82. The third-order valence-electron chi connectivity index (χ3n) is 8.20. The van der Waals surface area contributed by atoms with Gasteiger partial charge in [-0.1, -0.05) is 32.6 Å². The van der Waals surface area contributed by atoms with E-state index in [0.29, 0.717) is 22.7 Å². The number of carbonyl (C=O) groups excluding carboxylic acids is 4. The van der Waals surface area contributed by atoms with Crippen molar-refractivity contribution in [2.24, 2.45) is 0 Å². The Morgan fingerprint density at radius 2 is 1.83 bits per heavy atom. The van der Waals surface area contributed by atoms with Crippen molar-refractivity contribution in [3.63, 3.8) is 0 Å². The lowest BCUT2D eigenvalue weighted by molar-refractivity contribution is -0.188. The number of rotatable bonds is 8. The third kappa shape index (κ3) is 6.80. The first kappa shape index (κ1) is 33.8.